The third-order valence-corrected chi connectivity index (χ3v) is 4.09. The van der Waals surface area contributed by atoms with Gasteiger partial charge in [0.1, 0.15) is 6.20 Å². The Kier molecular flexibility index (Phi) is 2.86. The molecule has 0 N–H and O–H groups in total. The van der Waals surface area contributed by atoms with Crippen molar-refractivity contribution in [2.45, 2.75) is 6.92 Å². The van der Waals surface area contributed by atoms with E-state index in [0.29, 0.717) is 0 Å². The van der Waals surface area contributed by atoms with Crippen LogP contribution in [0.25, 0.3) is 33.1 Å². The smallest absolute Gasteiger partial charge is 0.264 e. The molecule has 0 fully saturated rings. The molecule has 2 aromatic carbocycles. The Hall–Kier alpha value is -2.81. The summed E-state index contributed by atoms with van der Waals surface area (Å²) in [6.45, 7) is 2.12. The second-order valence-corrected chi connectivity index (χ2v) is 5.59. The van der Waals surface area contributed by atoms with Crippen LogP contribution >= 0.6 is 0 Å². The van der Waals surface area contributed by atoms with Crippen LogP contribution in [-0.2, 0) is 7.05 Å². The van der Waals surface area contributed by atoms with Crippen LogP contribution in [0, 0.1) is 6.92 Å². The van der Waals surface area contributed by atoms with Gasteiger partial charge in [-0.15, -0.1) is 0 Å². The molecule has 0 bridgehead atoms. The number of fused-ring (bicyclic) bond motifs is 3. The van der Waals surface area contributed by atoms with Crippen molar-refractivity contribution >= 4 is 21.7 Å². The van der Waals surface area contributed by atoms with E-state index in [1.807, 2.05) is 25.5 Å². The summed E-state index contributed by atoms with van der Waals surface area (Å²) in [5.74, 6) is 0.981. The van der Waals surface area contributed by atoms with Crippen molar-refractivity contribution in [3.05, 3.63) is 66.6 Å². The zero-order valence-corrected chi connectivity index (χ0v) is 12.6. The lowest BCUT2D eigenvalue weighted by Crippen LogP contribution is -2.32. The van der Waals surface area contributed by atoms with E-state index >= 15 is 0 Å². The second kappa shape index (κ2) is 4.88. The second-order valence-electron chi connectivity index (χ2n) is 5.59. The molecule has 4 rings (SSSR count). The third-order valence-electron chi connectivity index (χ3n) is 4.09. The van der Waals surface area contributed by atoms with Crippen LogP contribution in [-0.4, -0.2) is 9.97 Å². The van der Waals surface area contributed by atoms with E-state index in [1.54, 1.807) is 0 Å². The summed E-state index contributed by atoms with van der Waals surface area (Å²) in [5, 5.41) is 3.40. The fraction of sp³-hybridized carbons (Fsp3) is 0.105. The Morgan fingerprint density at radius 2 is 1.77 bits per heavy atom. The van der Waals surface area contributed by atoms with Crippen LogP contribution in [0.2, 0.25) is 0 Å². The van der Waals surface area contributed by atoms with E-state index in [1.165, 1.54) is 5.56 Å². The highest BCUT2D eigenvalue weighted by Gasteiger charge is 2.18. The van der Waals surface area contributed by atoms with Crippen molar-refractivity contribution in [1.82, 2.24) is 9.97 Å². The quantitative estimate of drug-likeness (QED) is 0.395. The SMILES string of the molecule is Cc1ccccc1-c1nc2c(ccc3cnccc32)c[n+]1C. The first-order valence-corrected chi connectivity index (χ1v) is 7.33. The van der Waals surface area contributed by atoms with Crippen LogP contribution in [0.3, 0.4) is 0 Å². The van der Waals surface area contributed by atoms with Crippen LogP contribution in [0.5, 0.6) is 0 Å². The monoisotopic (exact) mass is 286 g/mol. The van der Waals surface area contributed by atoms with Gasteiger partial charge < -0.3 is 0 Å². The maximum atomic E-state index is 4.97. The van der Waals surface area contributed by atoms with Crippen LogP contribution in [0.4, 0.5) is 0 Å². The molecule has 0 saturated carbocycles. The van der Waals surface area contributed by atoms with Gasteiger partial charge in [0.05, 0.1) is 18.0 Å². The summed E-state index contributed by atoms with van der Waals surface area (Å²) >= 11 is 0. The van der Waals surface area contributed by atoms with Gasteiger partial charge >= 0.3 is 5.82 Å². The molecular weight excluding hydrogens is 270 g/mol. The first-order chi connectivity index (χ1) is 10.7. The van der Waals surface area contributed by atoms with Crippen LogP contribution in [0.15, 0.2) is 61.1 Å². The molecule has 2 heterocycles. The molecule has 0 aliphatic rings. The molecule has 0 saturated heterocycles. The summed E-state index contributed by atoms with van der Waals surface area (Å²) in [5.41, 5.74) is 3.42. The number of nitrogens with zero attached hydrogens (tertiary/aromatic N) is 3. The lowest BCUT2D eigenvalue weighted by atomic mass is 10.1. The van der Waals surface area contributed by atoms with Gasteiger partial charge in [-0.25, -0.2) is 4.57 Å². The van der Waals surface area contributed by atoms with Gasteiger partial charge in [0, 0.05) is 23.2 Å². The van der Waals surface area contributed by atoms with E-state index in [2.05, 4.69) is 59.1 Å². The summed E-state index contributed by atoms with van der Waals surface area (Å²) < 4.78 is 2.09. The zero-order chi connectivity index (χ0) is 15.1. The molecule has 0 atom stereocenters. The van der Waals surface area contributed by atoms with Crippen molar-refractivity contribution in [3.8, 4) is 11.4 Å². The molecule has 0 aliphatic carbocycles. The molecule has 3 nitrogen and oxygen atoms in total. The molecular formula is C19H16N3+. The van der Waals surface area contributed by atoms with Crippen molar-refractivity contribution in [2.24, 2.45) is 7.05 Å². The van der Waals surface area contributed by atoms with Crippen molar-refractivity contribution < 1.29 is 4.57 Å². The van der Waals surface area contributed by atoms with E-state index in [4.69, 9.17) is 4.98 Å². The largest absolute Gasteiger partial charge is 0.331 e. The topological polar surface area (TPSA) is 29.7 Å². The maximum Gasteiger partial charge on any atom is 0.331 e. The molecule has 2 aromatic heterocycles. The predicted octanol–water partition coefficient (Wildman–Crippen LogP) is 3.58. The van der Waals surface area contributed by atoms with Gasteiger partial charge in [-0.2, -0.15) is 0 Å². The first kappa shape index (κ1) is 12.9. The van der Waals surface area contributed by atoms with E-state index in [0.717, 1.165) is 33.1 Å². The minimum Gasteiger partial charge on any atom is -0.264 e. The fourth-order valence-electron chi connectivity index (χ4n) is 2.93. The molecule has 0 amide bonds. The number of aryl methyl sites for hydroxylation is 2. The van der Waals surface area contributed by atoms with Gasteiger partial charge in [0.15, 0.2) is 5.52 Å². The van der Waals surface area contributed by atoms with Crippen LogP contribution < -0.4 is 4.57 Å². The molecule has 4 aromatic rings. The predicted molar refractivity (Wildman–Crippen MR) is 88.4 cm³/mol. The van der Waals surface area contributed by atoms with E-state index in [9.17, 15) is 0 Å². The minimum atomic E-state index is 0.981. The van der Waals surface area contributed by atoms with E-state index < -0.39 is 0 Å². The molecule has 106 valence electrons. The molecule has 0 radical (unpaired) electrons. The number of rotatable bonds is 1. The normalized spacial score (nSPS) is 11.2. The summed E-state index contributed by atoms with van der Waals surface area (Å²) in [6.07, 6.45) is 5.85. The number of hydrogen-bond donors (Lipinski definition) is 0. The average molecular weight is 286 g/mol. The molecule has 22 heavy (non-hydrogen) atoms. The fourth-order valence-corrected chi connectivity index (χ4v) is 2.93. The number of aromatic nitrogens is 3. The lowest BCUT2D eigenvalue weighted by molar-refractivity contribution is -0.661. The van der Waals surface area contributed by atoms with Crippen molar-refractivity contribution in [3.63, 3.8) is 0 Å². The summed E-state index contributed by atoms with van der Waals surface area (Å²) in [6, 6.07) is 14.6. The van der Waals surface area contributed by atoms with E-state index in [-0.39, 0.29) is 0 Å². The van der Waals surface area contributed by atoms with Gasteiger partial charge in [0.25, 0.3) is 0 Å². The average Bonchev–Trinajstić information content (AvgIpc) is 2.55. The third kappa shape index (κ3) is 1.94. The van der Waals surface area contributed by atoms with Crippen molar-refractivity contribution in [2.75, 3.05) is 0 Å². The number of benzene rings is 2. The van der Waals surface area contributed by atoms with Gasteiger partial charge in [-0.3, -0.25) is 4.98 Å². The Morgan fingerprint density at radius 1 is 0.955 bits per heavy atom. The maximum absolute atomic E-state index is 4.97. The Balaban J connectivity index is 2.10. The Labute approximate surface area is 128 Å². The lowest BCUT2D eigenvalue weighted by Gasteiger charge is -2.05. The number of pyridine rings is 1. The van der Waals surface area contributed by atoms with Gasteiger partial charge in [-0.05, 0) is 35.7 Å². The highest BCUT2D eigenvalue weighted by Crippen LogP contribution is 2.25. The molecule has 0 spiro atoms. The minimum absolute atomic E-state index is 0.981. The van der Waals surface area contributed by atoms with Crippen molar-refractivity contribution in [1.29, 1.82) is 0 Å². The van der Waals surface area contributed by atoms with Gasteiger partial charge in [0.2, 0.25) is 0 Å². The van der Waals surface area contributed by atoms with Gasteiger partial charge in [-0.1, -0.05) is 24.3 Å². The molecule has 0 aliphatic heterocycles. The highest BCUT2D eigenvalue weighted by atomic mass is 15.0. The molecule has 3 heteroatoms. The summed E-state index contributed by atoms with van der Waals surface area (Å²) in [7, 11) is 2.05. The zero-order valence-electron chi connectivity index (χ0n) is 12.6. The Morgan fingerprint density at radius 3 is 2.64 bits per heavy atom. The molecule has 0 unspecified atom stereocenters. The Bertz CT molecular complexity index is 1010. The highest BCUT2D eigenvalue weighted by molar-refractivity contribution is 6.04. The van der Waals surface area contributed by atoms with Crippen LogP contribution in [0.1, 0.15) is 5.56 Å². The summed E-state index contributed by atoms with van der Waals surface area (Å²) in [4.78, 5) is 9.17. The standard InChI is InChI=1S/C19H16N3/c1-13-5-3-4-6-16(13)19-21-18-15(12-22(19)2)8-7-14-11-20-10-9-17(14)18/h3-12H,1-2H3/q+1. The first-order valence-electron chi connectivity index (χ1n) is 7.33. The number of hydrogen-bond acceptors (Lipinski definition) is 2.